The minimum atomic E-state index is -3.84. The van der Waals surface area contributed by atoms with Crippen molar-refractivity contribution in [2.75, 3.05) is 19.0 Å². The van der Waals surface area contributed by atoms with Crippen molar-refractivity contribution >= 4 is 27.7 Å². The van der Waals surface area contributed by atoms with Crippen LogP contribution in [0.1, 0.15) is 11.1 Å². The third kappa shape index (κ3) is 6.80. The Labute approximate surface area is 182 Å². The molecule has 0 saturated heterocycles. The molecule has 6 nitrogen and oxygen atoms in total. The van der Waals surface area contributed by atoms with E-state index in [1.165, 1.54) is 6.08 Å². The molecule has 0 bridgehead atoms. The maximum Gasteiger partial charge on any atom is 0.239 e. The molecule has 0 fully saturated rings. The molecule has 31 heavy (non-hydrogen) atoms. The number of methoxy groups -OCH3 is 1. The smallest absolute Gasteiger partial charge is 0.239 e. The number of benzene rings is 3. The number of sulfonamides is 1. The fraction of sp³-hybridized carbons (Fsp3) is 0.125. The van der Waals surface area contributed by atoms with Gasteiger partial charge in [0.1, 0.15) is 5.75 Å². The normalized spacial score (nSPS) is 11.5. The average Bonchev–Trinajstić information content (AvgIpc) is 2.79. The van der Waals surface area contributed by atoms with Crippen LogP contribution in [0.3, 0.4) is 0 Å². The van der Waals surface area contributed by atoms with Crippen molar-refractivity contribution in [2.45, 2.75) is 6.54 Å². The molecule has 0 radical (unpaired) electrons. The molecule has 1 amide bonds. The van der Waals surface area contributed by atoms with Crippen LogP contribution in [0.4, 0.5) is 5.69 Å². The molecule has 0 aliphatic heterocycles. The van der Waals surface area contributed by atoms with Crippen LogP contribution in [-0.4, -0.2) is 32.3 Å². The Balaban J connectivity index is 1.78. The molecule has 3 aromatic rings. The van der Waals surface area contributed by atoms with Crippen LogP contribution in [0, 0.1) is 0 Å². The van der Waals surface area contributed by atoms with Crippen LogP contribution in [0.5, 0.6) is 5.75 Å². The molecule has 160 valence electrons. The fourth-order valence-corrected chi connectivity index (χ4v) is 4.00. The van der Waals surface area contributed by atoms with Gasteiger partial charge in [-0.1, -0.05) is 60.7 Å². The number of hydrogen-bond acceptors (Lipinski definition) is 4. The second kappa shape index (κ2) is 10.6. The predicted octanol–water partition coefficient (Wildman–Crippen LogP) is 4.14. The first-order valence-corrected chi connectivity index (χ1v) is 11.2. The third-order valence-corrected chi connectivity index (χ3v) is 5.95. The van der Waals surface area contributed by atoms with Gasteiger partial charge in [0.15, 0.2) is 0 Å². The zero-order valence-corrected chi connectivity index (χ0v) is 18.0. The molecular weight excluding hydrogens is 412 g/mol. The number of ether oxygens (including phenoxy) is 1. The summed E-state index contributed by atoms with van der Waals surface area (Å²) in [5, 5.41) is 3.86. The Kier molecular flexibility index (Phi) is 7.59. The maximum absolute atomic E-state index is 13.0. The largest absolute Gasteiger partial charge is 0.497 e. The monoisotopic (exact) mass is 436 g/mol. The molecule has 1 N–H and O–H groups in total. The van der Waals surface area contributed by atoms with Crippen LogP contribution in [0.25, 0.3) is 6.08 Å². The van der Waals surface area contributed by atoms with E-state index in [2.05, 4.69) is 5.32 Å². The molecule has 0 atom stereocenters. The van der Waals surface area contributed by atoms with Gasteiger partial charge >= 0.3 is 0 Å². The number of nitrogens with zero attached hydrogens (tertiary/aromatic N) is 1. The Morgan fingerprint density at radius 2 is 1.55 bits per heavy atom. The molecule has 0 aliphatic carbocycles. The summed E-state index contributed by atoms with van der Waals surface area (Å²) in [5.41, 5.74) is 2.10. The minimum absolute atomic E-state index is 0.0817. The zero-order valence-electron chi connectivity index (χ0n) is 17.1. The number of nitrogens with one attached hydrogen (secondary N) is 1. The van der Waals surface area contributed by atoms with Gasteiger partial charge in [0.25, 0.3) is 0 Å². The highest BCUT2D eigenvalue weighted by Gasteiger charge is 2.23. The van der Waals surface area contributed by atoms with E-state index in [9.17, 15) is 13.2 Å². The molecular formula is C24H24N2O4S. The van der Waals surface area contributed by atoms with Gasteiger partial charge in [-0.3, -0.25) is 4.79 Å². The highest BCUT2D eigenvalue weighted by atomic mass is 32.2. The van der Waals surface area contributed by atoms with Crippen LogP contribution >= 0.6 is 0 Å². The van der Waals surface area contributed by atoms with Gasteiger partial charge in [-0.05, 0) is 41.5 Å². The van der Waals surface area contributed by atoms with Crippen LogP contribution in [-0.2, 0) is 21.4 Å². The van der Waals surface area contributed by atoms with E-state index in [4.69, 9.17) is 4.74 Å². The number of rotatable bonds is 9. The van der Waals surface area contributed by atoms with Gasteiger partial charge < -0.3 is 10.1 Å². The molecule has 3 rings (SSSR count). The molecule has 7 heteroatoms. The molecule has 0 aliphatic rings. The van der Waals surface area contributed by atoms with Gasteiger partial charge in [0.05, 0.1) is 13.7 Å². The lowest BCUT2D eigenvalue weighted by Crippen LogP contribution is -2.36. The summed E-state index contributed by atoms with van der Waals surface area (Å²) < 4.78 is 32.3. The highest BCUT2D eigenvalue weighted by molar-refractivity contribution is 7.92. The van der Waals surface area contributed by atoms with Crippen molar-refractivity contribution in [3.05, 3.63) is 101 Å². The van der Waals surface area contributed by atoms with Gasteiger partial charge in [0.2, 0.25) is 15.9 Å². The average molecular weight is 437 g/mol. The first kappa shape index (κ1) is 22.3. The van der Waals surface area contributed by atoms with Gasteiger partial charge in [-0.2, -0.15) is 4.31 Å². The first-order chi connectivity index (χ1) is 15.0. The lowest BCUT2D eigenvalue weighted by Gasteiger charge is -2.20. The van der Waals surface area contributed by atoms with Gasteiger partial charge in [-0.15, -0.1) is 0 Å². The maximum atomic E-state index is 13.0. The molecule has 0 heterocycles. The van der Waals surface area contributed by atoms with Crippen molar-refractivity contribution < 1.29 is 17.9 Å². The minimum Gasteiger partial charge on any atom is -0.497 e. The van der Waals surface area contributed by atoms with E-state index in [-0.39, 0.29) is 13.1 Å². The molecule has 3 aromatic carbocycles. The van der Waals surface area contributed by atoms with E-state index >= 15 is 0 Å². The highest BCUT2D eigenvalue weighted by Crippen LogP contribution is 2.16. The van der Waals surface area contributed by atoms with Crippen LogP contribution in [0.2, 0.25) is 0 Å². The van der Waals surface area contributed by atoms with E-state index in [1.54, 1.807) is 31.4 Å². The number of amides is 1. The van der Waals surface area contributed by atoms with Crippen molar-refractivity contribution in [1.82, 2.24) is 4.31 Å². The summed E-state index contributed by atoms with van der Waals surface area (Å²) in [6.07, 6.45) is 1.52. The predicted molar refractivity (Wildman–Crippen MR) is 123 cm³/mol. The second-order valence-electron chi connectivity index (χ2n) is 6.79. The summed E-state index contributed by atoms with van der Waals surface area (Å²) in [7, 11) is -2.29. The Morgan fingerprint density at radius 3 is 2.16 bits per heavy atom. The molecule has 0 unspecified atom stereocenters. The van der Waals surface area contributed by atoms with Crippen molar-refractivity contribution in [3.63, 3.8) is 0 Å². The molecule has 0 spiro atoms. The topological polar surface area (TPSA) is 75.7 Å². The Morgan fingerprint density at radius 1 is 0.935 bits per heavy atom. The van der Waals surface area contributed by atoms with E-state index in [1.807, 2.05) is 60.7 Å². The molecule has 0 saturated carbocycles. The van der Waals surface area contributed by atoms with Crippen molar-refractivity contribution in [2.24, 2.45) is 0 Å². The number of carbonyl (C=O) groups is 1. The van der Waals surface area contributed by atoms with Crippen LogP contribution < -0.4 is 10.1 Å². The summed E-state index contributed by atoms with van der Waals surface area (Å²) in [5.74, 6) is 0.232. The summed E-state index contributed by atoms with van der Waals surface area (Å²) in [6.45, 7) is -0.235. The van der Waals surface area contributed by atoms with Gasteiger partial charge in [-0.25, -0.2) is 8.42 Å². The van der Waals surface area contributed by atoms with E-state index in [0.29, 0.717) is 11.4 Å². The fourth-order valence-electron chi connectivity index (χ4n) is 2.87. The first-order valence-electron chi connectivity index (χ1n) is 9.67. The number of anilines is 1. The Bertz CT molecular complexity index is 1110. The second-order valence-corrected chi connectivity index (χ2v) is 8.61. The Hall–Kier alpha value is -3.42. The third-order valence-electron chi connectivity index (χ3n) is 4.49. The zero-order chi connectivity index (χ0) is 22.1. The quantitative estimate of drug-likeness (QED) is 0.547. The lowest BCUT2D eigenvalue weighted by molar-refractivity contribution is -0.116. The lowest BCUT2D eigenvalue weighted by atomic mass is 10.2. The number of hydrogen-bond donors (Lipinski definition) is 1. The standard InChI is InChI=1S/C24H24N2O4S/c1-30-23-14-12-22(13-15-23)25-24(27)19-26(18-21-10-6-3-7-11-21)31(28,29)17-16-20-8-4-2-5-9-20/h2-17H,18-19H2,1H3,(H,25,27)/b17-16+. The summed E-state index contributed by atoms with van der Waals surface area (Å²) in [6, 6.07) is 25.1. The molecule has 0 aromatic heterocycles. The summed E-state index contributed by atoms with van der Waals surface area (Å²) >= 11 is 0. The van der Waals surface area contributed by atoms with Crippen LogP contribution in [0.15, 0.2) is 90.3 Å². The summed E-state index contributed by atoms with van der Waals surface area (Å²) in [4.78, 5) is 12.6. The van der Waals surface area contributed by atoms with Crippen molar-refractivity contribution in [1.29, 1.82) is 0 Å². The SMILES string of the molecule is COc1ccc(NC(=O)CN(Cc2ccccc2)S(=O)(=O)/C=C/c2ccccc2)cc1. The van der Waals surface area contributed by atoms with Crippen molar-refractivity contribution in [3.8, 4) is 5.75 Å². The van der Waals surface area contributed by atoms with Gasteiger partial charge in [0, 0.05) is 17.6 Å². The van der Waals surface area contributed by atoms with E-state index < -0.39 is 15.9 Å². The van der Waals surface area contributed by atoms with E-state index in [0.717, 1.165) is 20.8 Å². The number of carbonyl (C=O) groups excluding carboxylic acids is 1.